The van der Waals surface area contributed by atoms with E-state index in [9.17, 15) is 8.78 Å². The van der Waals surface area contributed by atoms with Crippen molar-refractivity contribution in [2.24, 2.45) is 23.7 Å². The van der Waals surface area contributed by atoms with Crippen molar-refractivity contribution in [3.05, 3.63) is 0 Å². The highest BCUT2D eigenvalue weighted by Crippen LogP contribution is 2.42. The molecule has 2 rings (SSSR count). The SMILES string of the molecule is CC1CCC(C2CC(F)C(C)C(F)C2)CC1. The van der Waals surface area contributed by atoms with Crippen LogP contribution in [0.4, 0.5) is 8.78 Å². The van der Waals surface area contributed by atoms with Gasteiger partial charge in [0.15, 0.2) is 0 Å². The Balaban J connectivity index is 1.90. The van der Waals surface area contributed by atoms with Crippen LogP contribution in [0.2, 0.25) is 0 Å². The zero-order valence-corrected chi connectivity index (χ0v) is 10.5. The minimum absolute atomic E-state index is 0.314. The molecule has 0 nitrogen and oxygen atoms in total. The second-order valence-electron chi connectivity index (χ2n) is 6.14. The van der Waals surface area contributed by atoms with Crippen LogP contribution in [0.1, 0.15) is 52.4 Å². The molecule has 0 aromatic carbocycles. The first-order chi connectivity index (χ1) is 7.58. The molecule has 0 heterocycles. The second kappa shape index (κ2) is 5.01. The average molecular weight is 230 g/mol. The Labute approximate surface area is 97.8 Å². The zero-order chi connectivity index (χ0) is 11.7. The first-order valence-electron chi connectivity index (χ1n) is 6.86. The van der Waals surface area contributed by atoms with Gasteiger partial charge in [-0.15, -0.1) is 0 Å². The van der Waals surface area contributed by atoms with Crippen molar-refractivity contribution in [3.63, 3.8) is 0 Å². The fraction of sp³-hybridized carbons (Fsp3) is 1.00. The van der Waals surface area contributed by atoms with Crippen LogP contribution in [0.15, 0.2) is 0 Å². The van der Waals surface area contributed by atoms with E-state index < -0.39 is 12.3 Å². The normalized spacial score (nSPS) is 50.2. The lowest BCUT2D eigenvalue weighted by Gasteiger charge is -2.39. The van der Waals surface area contributed by atoms with Gasteiger partial charge in [0.1, 0.15) is 12.3 Å². The molecule has 0 bridgehead atoms. The van der Waals surface area contributed by atoms with Crippen LogP contribution in [-0.4, -0.2) is 12.3 Å². The highest BCUT2D eigenvalue weighted by Gasteiger charge is 2.39. The predicted molar refractivity (Wildman–Crippen MR) is 62.8 cm³/mol. The summed E-state index contributed by atoms with van der Waals surface area (Å²) in [5.41, 5.74) is 0. The van der Waals surface area contributed by atoms with Crippen LogP contribution in [0.25, 0.3) is 0 Å². The molecule has 2 fully saturated rings. The Morgan fingerprint density at radius 1 is 0.750 bits per heavy atom. The van der Waals surface area contributed by atoms with Crippen molar-refractivity contribution in [2.75, 3.05) is 0 Å². The van der Waals surface area contributed by atoms with E-state index in [0.29, 0.717) is 24.7 Å². The maximum Gasteiger partial charge on any atom is 0.106 e. The lowest BCUT2D eigenvalue weighted by molar-refractivity contribution is 0.0238. The average Bonchev–Trinajstić information content (AvgIpc) is 2.26. The van der Waals surface area contributed by atoms with Gasteiger partial charge >= 0.3 is 0 Å². The lowest BCUT2D eigenvalue weighted by atomic mass is 9.68. The predicted octanol–water partition coefficient (Wildman–Crippen LogP) is 4.54. The Hall–Kier alpha value is -0.140. The van der Waals surface area contributed by atoms with Crippen molar-refractivity contribution >= 4 is 0 Å². The van der Waals surface area contributed by atoms with E-state index in [1.165, 1.54) is 25.7 Å². The summed E-state index contributed by atoms with van der Waals surface area (Å²) in [6, 6.07) is 0. The van der Waals surface area contributed by atoms with Crippen molar-refractivity contribution in [3.8, 4) is 0 Å². The molecular formula is C14H24F2. The minimum Gasteiger partial charge on any atom is -0.247 e. The summed E-state index contributed by atoms with van der Waals surface area (Å²) in [5.74, 6) is 1.36. The van der Waals surface area contributed by atoms with E-state index in [4.69, 9.17) is 0 Å². The molecule has 0 spiro atoms. The summed E-state index contributed by atoms with van der Waals surface area (Å²) in [7, 11) is 0. The molecule has 2 saturated carbocycles. The fourth-order valence-corrected chi connectivity index (χ4v) is 3.47. The Morgan fingerprint density at radius 2 is 1.25 bits per heavy atom. The maximum absolute atomic E-state index is 13.7. The van der Waals surface area contributed by atoms with Gasteiger partial charge in [0, 0.05) is 5.92 Å². The van der Waals surface area contributed by atoms with Gasteiger partial charge in [-0.2, -0.15) is 0 Å². The summed E-state index contributed by atoms with van der Waals surface area (Å²) < 4.78 is 27.3. The van der Waals surface area contributed by atoms with E-state index in [-0.39, 0.29) is 5.92 Å². The van der Waals surface area contributed by atoms with Crippen LogP contribution >= 0.6 is 0 Å². The van der Waals surface area contributed by atoms with E-state index in [1.54, 1.807) is 6.92 Å². The van der Waals surface area contributed by atoms with Gasteiger partial charge in [-0.25, -0.2) is 8.78 Å². The lowest BCUT2D eigenvalue weighted by Crippen LogP contribution is -2.37. The number of alkyl halides is 2. The van der Waals surface area contributed by atoms with Crippen molar-refractivity contribution < 1.29 is 8.78 Å². The van der Waals surface area contributed by atoms with E-state index in [2.05, 4.69) is 6.92 Å². The van der Waals surface area contributed by atoms with Gasteiger partial charge in [-0.3, -0.25) is 0 Å². The number of rotatable bonds is 1. The molecule has 0 saturated heterocycles. The van der Waals surface area contributed by atoms with E-state index in [0.717, 1.165) is 5.92 Å². The summed E-state index contributed by atoms with van der Waals surface area (Å²) in [6.07, 6.45) is 4.30. The molecule has 2 atom stereocenters. The van der Waals surface area contributed by atoms with E-state index in [1.807, 2.05) is 0 Å². The standard InChI is InChI=1S/C14H24F2/c1-9-3-5-11(6-4-9)12-7-13(15)10(2)14(16)8-12/h9-14H,3-8H2,1-2H3. The quantitative estimate of drug-likeness (QED) is 0.620. The highest BCUT2D eigenvalue weighted by molar-refractivity contribution is 4.88. The smallest absolute Gasteiger partial charge is 0.106 e. The molecule has 0 N–H and O–H groups in total. The van der Waals surface area contributed by atoms with Gasteiger partial charge in [0.25, 0.3) is 0 Å². The van der Waals surface area contributed by atoms with Crippen LogP contribution in [-0.2, 0) is 0 Å². The number of hydrogen-bond acceptors (Lipinski definition) is 0. The summed E-state index contributed by atoms with van der Waals surface area (Å²) in [4.78, 5) is 0. The molecular weight excluding hydrogens is 206 g/mol. The Morgan fingerprint density at radius 3 is 1.75 bits per heavy atom. The summed E-state index contributed by atoms with van der Waals surface area (Å²) in [5, 5.41) is 0. The maximum atomic E-state index is 13.7. The van der Waals surface area contributed by atoms with Crippen molar-refractivity contribution in [1.82, 2.24) is 0 Å². The zero-order valence-electron chi connectivity index (χ0n) is 10.5. The van der Waals surface area contributed by atoms with Crippen LogP contribution in [0, 0.1) is 23.7 Å². The summed E-state index contributed by atoms with van der Waals surface area (Å²) in [6.45, 7) is 4.00. The first kappa shape index (κ1) is 12.3. The molecule has 16 heavy (non-hydrogen) atoms. The van der Waals surface area contributed by atoms with Crippen LogP contribution in [0.5, 0.6) is 0 Å². The third kappa shape index (κ3) is 2.57. The van der Waals surface area contributed by atoms with Gasteiger partial charge in [0.2, 0.25) is 0 Å². The van der Waals surface area contributed by atoms with Gasteiger partial charge in [-0.05, 0) is 43.4 Å². The Bertz CT molecular complexity index is 209. The molecule has 2 unspecified atom stereocenters. The molecule has 0 amide bonds. The monoisotopic (exact) mass is 230 g/mol. The van der Waals surface area contributed by atoms with Crippen LogP contribution in [0.3, 0.4) is 0 Å². The fourth-order valence-electron chi connectivity index (χ4n) is 3.47. The minimum atomic E-state index is -0.909. The van der Waals surface area contributed by atoms with Crippen molar-refractivity contribution in [1.29, 1.82) is 0 Å². The molecule has 2 aliphatic rings. The molecule has 94 valence electrons. The van der Waals surface area contributed by atoms with Gasteiger partial charge < -0.3 is 0 Å². The van der Waals surface area contributed by atoms with E-state index >= 15 is 0 Å². The Kier molecular flexibility index (Phi) is 3.86. The third-order valence-corrected chi connectivity index (χ3v) is 4.92. The molecule has 0 radical (unpaired) electrons. The van der Waals surface area contributed by atoms with Gasteiger partial charge in [-0.1, -0.05) is 26.7 Å². The molecule has 0 aliphatic heterocycles. The topological polar surface area (TPSA) is 0 Å². The number of hydrogen-bond donors (Lipinski definition) is 0. The third-order valence-electron chi connectivity index (χ3n) is 4.92. The molecule has 2 heteroatoms. The molecule has 0 aromatic rings. The van der Waals surface area contributed by atoms with Crippen molar-refractivity contribution in [2.45, 2.75) is 64.7 Å². The van der Waals surface area contributed by atoms with Crippen LogP contribution < -0.4 is 0 Å². The number of halogens is 2. The first-order valence-corrected chi connectivity index (χ1v) is 6.86. The highest BCUT2D eigenvalue weighted by atomic mass is 19.1. The van der Waals surface area contributed by atoms with Gasteiger partial charge in [0.05, 0.1) is 0 Å². The largest absolute Gasteiger partial charge is 0.247 e. The second-order valence-corrected chi connectivity index (χ2v) is 6.14. The molecule has 0 aromatic heterocycles. The summed E-state index contributed by atoms with van der Waals surface area (Å²) >= 11 is 0. The molecule has 2 aliphatic carbocycles.